The minimum Gasteiger partial charge on any atom is -0.264 e. The molecule has 0 fully saturated rings. The number of nitrogens with zero attached hydrogens (tertiary/aromatic N) is 1. The number of allylic oxidation sites excluding steroid dienone is 1. The third kappa shape index (κ3) is 1.52. The summed E-state index contributed by atoms with van der Waals surface area (Å²) < 4.78 is 0. The highest BCUT2D eigenvalue weighted by Crippen LogP contribution is 2.11. The zero-order valence-electron chi connectivity index (χ0n) is 4.99. The molecule has 9 heavy (non-hydrogen) atoms. The number of rotatable bonds is 1. The molecule has 1 aliphatic rings. The van der Waals surface area contributed by atoms with E-state index >= 15 is 0 Å². The second-order valence-corrected chi connectivity index (χ2v) is 2.07. The first-order valence-corrected chi connectivity index (χ1v) is 2.92. The van der Waals surface area contributed by atoms with Crippen LogP contribution in [0.25, 0.3) is 0 Å². The van der Waals surface area contributed by atoms with Crippen molar-refractivity contribution in [1.29, 1.82) is 0 Å². The van der Waals surface area contributed by atoms with E-state index in [0.717, 1.165) is 0 Å². The molecule has 49 valence electrons. The summed E-state index contributed by atoms with van der Waals surface area (Å²) in [5.74, 6) is 0. The van der Waals surface area contributed by atoms with E-state index < -0.39 is 0 Å². The van der Waals surface area contributed by atoms with Crippen LogP contribution < -0.4 is 0 Å². The lowest BCUT2D eigenvalue weighted by Crippen LogP contribution is -2.19. The van der Waals surface area contributed by atoms with E-state index in [0.29, 0.717) is 12.8 Å². The van der Waals surface area contributed by atoms with Gasteiger partial charge in [0.05, 0.1) is 0 Å². The number of hydrogen-bond donors (Lipinski definition) is 0. The van der Waals surface area contributed by atoms with Gasteiger partial charge in [0, 0.05) is 17.8 Å². The van der Waals surface area contributed by atoms with Crippen molar-refractivity contribution in [2.75, 3.05) is 0 Å². The highest BCUT2D eigenvalue weighted by atomic mass is 16.6. The summed E-state index contributed by atoms with van der Waals surface area (Å²) >= 11 is 0. The Morgan fingerprint density at radius 3 is 2.67 bits per heavy atom. The summed E-state index contributed by atoms with van der Waals surface area (Å²) in [7, 11) is 0. The smallest absolute Gasteiger partial charge is 0.217 e. The zero-order valence-corrected chi connectivity index (χ0v) is 4.99. The van der Waals surface area contributed by atoms with Crippen LogP contribution in [0.5, 0.6) is 0 Å². The maximum atomic E-state index is 10.1. The molecule has 3 heteroatoms. The normalized spacial score (nSPS) is 26.0. The molecule has 0 aliphatic heterocycles. The van der Waals surface area contributed by atoms with E-state index in [2.05, 4.69) is 0 Å². The molecule has 0 aromatic heterocycles. The van der Waals surface area contributed by atoms with Gasteiger partial charge in [-0.25, -0.2) is 0 Å². The molecule has 0 saturated heterocycles. The van der Waals surface area contributed by atoms with Crippen LogP contribution in [-0.2, 0) is 0 Å². The lowest BCUT2D eigenvalue weighted by atomic mass is 10.0. The number of nitro groups is 1. The Kier molecular flexibility index (Phi) is 1.82. The minimum absolute atomic E-state index is 0.222. The van der Waals surface area contributed by atoms with Gasteiger partial charge < -0.3 is 0 Å². The van der Waals surface area contributed by atoms with Crippen LogP contribution in [0, 0.1) is 16.5 Å². The van der Waals surface area contributed by atoms with Crippen molar-refractivity contribution in [3.05, 3.63) is 28.7 Å². The van der Waals surface area contributed by atoms with Gasteiger partial charge in [-0.05, 0) is 6.42 Å². The standard InChI is InChI=1S/C6H8NO2/c8-7(9)6-4-2-1-3-5-6/h1-3,6H,4-5H2. The topological polar surface area (TPSA) is 43.1 Å². The van der Waals surface area contributed by atoms with Crippen molar-refractivity contribution in [2.45, 2.75) is 18.9 Å². The van der Waals surface area contributed by atoms with Gasteiger partial charge in [0.15, 0.2) is 0 Å². The predicted octanol–water partition coefficient (Wildman–Crippen LogP) is 1.19. The van der Waals surface area contributed by atoms with E-state index in [4.69, 9.17) is 0 Å². The van der Waals surface area contributed by atoms with Crippen LogP contribution in [-0.4, -0.2) is 11.0 Å². The average molecular weight is 126 g/mol. The van der Waals surface area contributed by atoms with Gasteiger partial charge in [0.2, 0.25) is 6.04 Å². The Labute approximate surface area is 53.5 Å². The molecule has 1 unspecified atom stereocenters. The first-order chi connectivity index (χ1) is 4.30. The van der Waals surface area contributed by atoms with E-state index in [1.807, 2.05) is 18.6 Å². The molecule has 0 aromatic rings. The van der Waals surface area contributed by atoms with Gasteiger partial charge in [0.25, 0.3) is 0 Å². The van der Waals surface area contributed by atoms with E-state index in [9.17, 15) is 10.1 Å². The fourth-order valence-corrected chi connectivity index (χ4v) is 0.836. The van der Waals surface area contributed by atoms with Crippen LogP contribution in [0.4, 0.5) is 0 Å². The van der Waals surface area contributed by atoms with E-state index in [-0.39, 0.29) is 11.0 Å². The quantitative estimate of drug-likeness (QED) is 0.391. The van der Waals surface area contributed by atoms with Crippen LogP contribution >= 0.6 is 0 Å². The van der Waals surface area contributed by atoms with Crippen molar-refractivity contribution in [1.82, 2.24) is 0 Å². The molecule has 0 amide bonds. The van der Waals surface area contributed by atoms with Gasteiger partial charge in [-0.15, -0.1) is 0 Å². The van der Waals surface area contributed by atoms with Crippen LogP contribution in [0.3, 0.4) is 0 Å². The Morgan fingerprint density at radius 1 is 1.56 bits per heavy atom. The molecule has 1 aliphatic carbocycles. The molecule has 3 nitrogen and oxygen atoms in total. The molecule has 0 bridgehead atoms. The second-order valence-electron chi connectivity index (χ2n) is 2.07. The summed E-state index contributed by atoms with van der Waals surface area (Å²) in [4.78, 5) is 9.88. The van der Waals surface area contributed by atoms with E-state index in [1.54, 1.807) is 0 Å². The monoisotopic (exact) mass is 126 g/mol. The highest BCUT2D eigenvalue weighted by molar-refractivity contribution is 5.01. The molecule has 0 heterocycles. The lowest BCUT2D eigenvalue weighted by Gasteiger charge is -2.07. The summed E-state index contributed by atoms with van der Waals surface area (Å²) in [6, 6.07) is -0.366. The maximum Gasteiger partial charge on any atom is 0.217 e. The largest absolute Gasteiger partial charge is 0.264 e. The van der Waals surface area contributed by atoms with Gasteiger partial charge in [0.1, 0.15) is 0 Å². The summed E-state index contributed by atoms with van der Waals surface area (Å²) in [5.41, 5.74) is 0. The Balaban J connectivity index is 2.44. The fourth-order valence-electron chi connectivity index (χ4n) is 0.836. The molecule has 1 rings (SSSR count). The van der Waals surface area contributed by atoms with Crippen molar-refractivity contribution in [2.24, 2.45) is 0 Å². The molecule has 0 N–H and O–H groups in total. The van der Waals surface area contributed by atoms with Crippen molar-refractivity contribution >= 4 is 0 Å². The second kappa shape index (κ2) is 2.62. The molecule has 0 spiro atoms. The third-order valence-corrected chi connectivity index (χ3v) is 1.39. The molecular weight excluding hydrogens is 118 g/mol. The highest BCUT2D eigenvalue weighted by Gasteiger charge is 2.19. The first-order valence-electron chi connectivity index (χ1n) is 2.92. The van der Waals surface area contributed by atoms with Crippen LogP contribution in [0.15, 0.2) is 12.2 Å². The Bertz CT molecular complexity index is 142. The SMILES string of the molecule is O=[N+]([O-])C1C[CH]C=CC1. The number of hydrogen-bond acceptors (Lipinski definition) is 2. The summed E-state index contributed by atoms with van der Waals surface area (Å²) in [5, 5.41) is 10.1. The Morgan fingerprint density at radius 2 is 2.33 bits per heavy atom. The van der Waals surface area contributed by atoms with Gasteiger partial charge in [-0.3, -0.25) is 10.1 Å². The molecule has 0 saturated carbocycles. The summed E-state index contributed by atoms with van der Waals surface area (Å²) in [6.07, 6.45) is 6.71. The summed E-state index contributed by atoms with van der Waals surface area (Å²) in [6.45, 7) is 0. The van der Waals surface area contributed by atoms with Crippen molar-refractivity contribution in [3.63, 3.8) is 0 Å². The third-order valence-electron chi connectivity index (χ3n) is 1.39. The van der Waals surface area contributed by atoms with Gasteiger partial charge in [-0.2, -0.15) is 0 Å². The van der Waals surface area contributed by atoms with E-state index in [1.165, 1.54) is 0 Å². The molecule has 0 aromatic carbocycles. The predicted molar refractivity (Wildman–Crippen MR) is 33.5 cm³/mol. The average Bonchev–Trinajstić information content (AvgIpc) is 1.90. The van der Waals surface area contributed by atoms with Crippen molar-refractivity contribution in [3.8, 4) is 0 Å². The fraction of sp³-hybridized carbons (Fsp3) is 0.500. The Hall–Kier alpha value is -0.860. The van der Waals surface area contributed by atoms with Crippen LogP contribution in [0.2, 0.25) is 0 Å². The molecule has 1 atom stereocenters. The minimum atomic E-state index is -0.366. The molecular formula is C6H8NO2. The molecule has 1 radical (unpaired) electrons. The lowest BCUT2D eigenvalue weighted by molar-refractivity contribution is -0.521. The van der Waals surface area contributed by atoms with Gasteiger partial charge >= 0.3 is 0 Å². The zero-order chi connectivity index (χ0) is 6.69. The van der Waals surface area contributed by atoms with Crippen LogP contribution in [0.1, 0.15) is 12.8 Å². The first kappa shape index (κ1) is 6.26. The van der Waals surface area contributed by atoms with Gasteiger partial charge in [-0.1, -0.05) is 12.2 Å². The maximum absolute atomic E-state index is 10.1. The van der Waals surface area contributed by atoms with Crippen molar-refractivity contribution < 1.29 is 4.92 Å².